The molecule has 9 nitrogen and oxygen atoms in total. The summed E-state index contributed by atoms with van der Waals surface area (Å²) in [6.45, 7) is 0.101. The molecule has 1 N–H and O–H groups in total. The van der Waals surface area contributed by atoms with Crippen molar-refractivity contribution in [3.8, 4) is 5.75 Å². The third-order valence-corrected chi connectivity index (χ3v) is 6.45. The van der Waals surface area contributed by atoms with Crippen molar-refractivity contribution in [1.82, 2.24) is 4.90 Å². The Labute approximate surface area is 214 Å². The summed E-state index contributed by atoms with van der Waals surface area (Å²) >= 11 is 7.53. The average Bonchev–Trinajstić information content (AvgIpc) is 3.11. The number of thioether (sulfide) groups is 1. The second-order valence-electron chi connectivity index (χ2n) is 7.63. The average molecular weight is 524 g/mol. The highest BCUT2D eigenvalue weighted by Gasteiger charge is 2.30. The van der Waals surface area contributed by atoms with Gasteiger partial charge in [-0.1, -0.05) is 35.9 Å². The van der Waals surface area contributed by atoms with E-state index < -0.39 is 10.9 Å². The molecule has 36 heavy (non-hydrogen) atoms. The number of rotatable bonds is 7. The van der Waals surface area contributed by atoms with Gasteiger partial charge in [-0.25, -0.2) is 9.79 Å². The minimum absolute atomic E-state index is 0.0228. The van der Waals surface area contributed by atoms with Crippen LogP contribution in [-0.2, 0) is 11.4 Å². The number of carbonyl (C=O) groups is 2. The Morgan fingerprint density at radius 2 is 1.97 bits per heavy atom. The largest absolute Gasteiger partial charge is 0.487 e. The number of carbonyl (C=O) groups excluding carboxylic acids is 1. The second-order valence-corrected chi connectivity index (χ2v) is 9.05. The third-order valence-electron chi connectivity index (χ3n) is 5.09. The first-order valence-electron chi connectivity index (χ1n) is 10.5. The number of aliphatic imine (C=N–C) groups is 1. The van der Waals surface area contributed by atoms with E-state index in [1.165, 1.54) is 29.2 Å². The molecule has 1 fully saturated rings. The molecule has 182 valence electrons. The Morgan fingerprint density at radius 1 is 1.19 bits per heavy atom. The standard InChI is InChI=1S/C25H18ClN3O6S/c1-28-23(30)22(36-25(28)27-18-6-3-5-17(13-18)24(31)32)12-15-8-9-21(20(26)11-15)35-14-16-4-2-7-19(10-16)29(33)34/h2-13H,14H2,1H3,(H,31,32). The van der Waals surface area contributed by atoms with Gasteiger partial charge in [-0.3, -0.25) is 19.8 Å². The van der Waals surface area contributed by atoms with E-state index in [4.69, 9.17) is 21.4 Å². The lowest BCUT2D eigenvalue weighted by atomic mass is 10.2. The van der Waals surface area contributed by atoms with E-state index in [0.717, 1.165) is 11.8 Å². The zero-order valence-electron chi connectivity index (χ0n) is 18.8. The van der Waals surface area contributed by atoms with E-state index in [2.05, 4.69) is 4.99 Å². The Hall–Kier alpha value is -4.15. The van der Waals surface area contributed by atoms with E-state index in [9.17, 15) is 19.7 Å². The Bertz CT molecular complexity index is 1440. The van der Waals surface area contributed by atoms with Crippen LogP contribution in [0, 0.1) is 10.1 Å². The zero-order chi connectivity index (χ0) is 25.8. The number of amidine groups is 1. The van der Waals surface area contributed by atoms with Crippen molar-refractivity contribution >= 4 is 57.9 Å². The van der Waals surface area contributed by atoms with Gasteiger partial charge in [0.2, 0.25) is 0 Å². The fourth-order valence-electron chi connectivity index (χ4n) is 3.27. The number of amides is 1. The van der Waals surface area contributed by atoms with Gasteiger partial charge in [0.15, 0.2) is 5.17 Å². The van der Waals surface area contributed by atoms with Gasteiger partial charge in [0, 0.05) is 19.2 Å². The van der Waals surface area contributed by atoms with Gasteiger partial charge in [-0.05, 0) is 59.3 Å². The molecule has 1 amide bonds. The number of benzene rings is 3. The van der Waals surface area contributed by atoms with Crippen LogP contribution in [0.15, 0.2) is 76.6 Å². The summed E-state index contributed by atoms with van der Waals surface area (Å²) in [6, 6.07) is 17.3. The predicted molar refractivity (Wildman–Crippen MR) is 138 cm³/mol. The molecule has 0 aliphatic carbocycles. The molecular weight excluding hydrogens is 506 g/mol. The second kappa shape index (κ2) is 10.6. The summed E-state index contributed by atoms with van der Waals surface area (Å²) in [4.78, 5) is 40.6. The molecule has 0 aromatic heterocycles. The molecule has 1 aliphatic heterocycles. The summed E-state index contributed by atoms with van der Waals surface area (Å²) in [5.74, 6) is -0.917. The first kappa shape index (κ1) is 25.0. The van der Waals surface area contributed by atoms with Gasteiger partial charge >= 0.3 is 5.97 Å². The van der Waals surface area contributed by atoms with Crippen LogP contribution in [0.1, 0.15) is 21.5 Å². The number of non-ortho nitro benzene ring substituents is 1. The molecule has 3 aromatic carbocycles. The summed E-state index contributed by atoms with van der Waals surface area (Å²) in [7, 11) is 1.59. The van der Waals surface area contributed by atoms with Crippen molar-refractivity contribution in [1.29, 1.82) is 0 Å². The van der Waals surface area contributed by atoms with Crippen molar-refractivity contribution in [2.24, 2.45) is 4.99 Å². The Balaban J connectivity index is 1.49. The van der Waals surface area contributed by atoms with Crippen molar-refractivity contribution in [3.63, 3.8) is 0 Å². The Kier molecular flexibility index (Phi) is 7.37. The molecule has 1 saturated heterocycles. The third kappa shape index (κ3) is 5.73. The molecule has 0 radical (unpaired) electrons. The number of ether oxygens (including phenoxy) is 1. The van der Waals surface area contributed by atoms with Crippen molar-refractivity contribution in [2.45, 2.75) is 6.61 Å². The number of nitrogens with zero attached hydrogens (tertiary/aromatic N) is 3. The van der Waals surface area contributed by atoms with E-state index in [0.29, 0.717) is 37.7 Å². The molecule has 0 atom stereocenters. The molecule has 11 heteroatoms. The maximum Gasteiger partial charge on any atom is 0.335 e. The van der Waals surface area contributed by atoms with Crippen LogP contribution in [-0.4, -0.2) is 39.0 Å². The number of carboxylic acids is 1. The predicted octanol–water partition coefficient (Wildman–Crippen LogP) is 5.76. The van der Waals surface area contributed by atoms with Gasteiger partial charge in [0.05, 0.1) is 26.1 Å². The summed E-state index contributed by atoms with van der Waals surface area (Å²) < 4.78 is 5.71. The fraction of sp³-hybridized carbons (Fsp3) is 0.0800. The lowest BCUT2D eigenvalue weighted by Gasteiger charge is -2.09. The summed E-state index contributed by atoms with van der Waals surface area (Å²) in [6.07, 6.45) is 1.68. The maximum absolute atomic E-state index is 12.7. The molecular formula is C25H18ClN3O6S. The van der Waals surface area contributed by atoms with E-state index >= 15 is 0 Å². The lowest BCUT2D eigenvalue weighted by molar-refractivity contribution is -0.384. The number of hydrogen-bond acceptors (Lipinski definition) is 7. The van der Waals surface area contributed by atoms with Gasteiger partial charge in [0.1, 0.15) is 12.4 Å². The molecule has 1 aliphatic rings. The molecule has 0 unspecified atom stereocenters. The number of aromatic carboxylic acids is 1. The van der Waals surface area contributed by atoms with Gasteiger partial charge in [-0.15, -0.1) is 0 Å². The first-order valence-corrected chi connectivity index (χ1v) is 11.7. The van der Waals surface area contributed by atoms with E-state index in [1.807, 2.05) is 0 Å². The quantitative estimate of drug-likeness (QED) is 0.237. The van der Waals surface area contributed by atoms with Crippen molar-refractivity contribution in [3.05, 3.63) is 103 Å². The highest BCUT2D eigenvalue weighted by atomic mass is 35.5. The van der Waals surface area contributed by atoms with Gasteiger partial charge < -0.3 is 9.84 Å². The number of likely N-dealkylation sites (N-methyl/N-ethyl adjacent to an activating group) is 1. The lowest BCUT2D eigenvalue weighted by Crippen LogP contribution is -2.23. The summed E-state index contributed by atoms with van der Waals surface area (Å²) in [5.41, 5.74) is 1.80. The highest BCUT2D eigenvalue weighted by Crippen LogP contribution is 2.35. The molecule has 0 spiro atoms. The van der Waals surface area contributed by atoms with Crippen LogP contribution in [0.2, 0.25) is 5.02 Å². The normalized spacial score (nSPS) is 15.5. The molecule has 0 bridgehead atoms. The monoisotopic (exact) mass is 523 g/mol. The topological polar surface area (TPSA) is 122 Å². The first-order chi connectivity index (χ1) is 17.2. The van der Waals surface area contributed by atoms with Crippen LogP contribution in [0.3, 0.4) is 0 Å². The SMILES string of the molecule is CN1C(=O)C(=Cc2ccc(OCc3cccc([N+](=O)[O-])c3)c(Cl)c2)SC1=Nc1cccc(C(=O)O)c1. The van der Waals surface area contributed by atoms with Crippen molar-refractivity contribution in [2.75, 3.05) is 7.05 Å². The molecule has 4 rings (SSSR count). The van der Waals surface area contributed by atoms with Crippen LogP contribution in [0.25, 0.3) is 6.08 Å². The van der Waals surface area contributed by atoms with E-state index in [1.54, 1.807) is 55.6 Å². The van der Waals surface area contributed by atoms with Crippen LogP contribution in [0.4, 0.5) is 11.4 Å². The fourth-order valence-corrected chi connectivity index (χ4v) is 4.50. The number of nitro benzene ring substituents is 1. The number of nitro groups is 1. The minimum atomic E-state index is -1.06. The van der Waals surface area contributed by atoms with Gasteiger partial charge in [0.25, 0.3) is 11.6 Å². The molecule has 3 aromatic rings. The number of carboxylic acid groups (broad SMARTS) is 1. The molecule has 1 heterocycles. The highest BCUT2D eigenvalue weighted by molar-refractivity contribution is 8.18. The zero-order valence-corrected chi connectivity index (χ0v) is 20.3. The maximum atomic E-state index is 12.7. The number of hydrogen-bond donors (Lipinski definition) is 1. The van der Waals surface area contributed by atoms with Gasteiger partial charge in [-0.2, -0.15) is 0 Å². The smallest absolute Gasteiger partial charge is 0.335 e. The van der Waals surface area contributed by atoms with Crippen molar-refractivity contribution < 1.29 is 24.4 Å². The summed E-state index contributed by atoms with van der Waals surface area (Å²) in [5, 5.41) is 20.8. The van der Waals surface area contributed by atoms with E-state index in [-0.39, 0.29) is 23.8 Å². The van der Waals surface area contributed by atoms with Crippen LogP contribution in [0.5, 0.6) is 5.75 Å². The van der Waals surface area contributed by atoms with Crippen LogP contribution >= 0.6 is 23.4 Å². The Morgan fingerprint density at radius 3 is 2.69 bits per heavy atom. The minimum Gasteiger partial charge on any atom is -0.487 e. The van der Waals surface area contributed by atoms with Crippen LogP contribution < -0.4 is 4.74 Å². The number of halogens is 1. The molecule has 0 saturated carbocycles.